The molecule has 1 aromatic carbocycles. The topological polar surface area (TPSA) is 64.4 Å². The summed E-state index contributed by atoms with van der Waals surface area (Å²) in [6, 6.07) is 4.74. The van der Waals surface area contributed by atoms with Crippen molar-refractivity contribution in [1.82, 2.24) is 9.78 Å². The summed E-state index contributed by atoms with van der Waals surface area (Å²) in [5, 5.41) is 4.97. The number of rotatable bonds is 4. The molecule has 1 unspecified atom stereocenters. The maximum absolute atomic E-state index is 12.7. The molecule has 0 amide bonds. The summed E-state index contributed by atoms with van der Waals surface area (Å²) in [5.74, 6) is -0.252. The van der Waals surface area contributed by atoms with Gasteiger partial charge in [0.15, 0.2) is 0 Å². The van der Waals surface area contributed by atoms with Crippen molar-refractivity contribution in [2.75, 3.05) is 24.6 Å². The van der Waals surface area contributed by atoms with Crippen LogP contribution in [-0.4, -0.2) is 35.4 Å². The number of anilines is 1. The van der Waals surface area contributed by atoms with Gasteiger partial charge in [0.25, 0.3) is 5.56 Å². The zero-order chi connectivity index (χ0) is 19.8. The number of esters is 1. The molecule has 144 valence electrons. The lowest BCUT2D eigenvalue weighted by molar-refractivity contribution is -0.153. The van der Waals surface area contributed by atoms with E-state index in [0.717, 1.165) is 4.68 Å². The Morgan fingerprint density at radius 3 is 2.70 bits per heavy atom. The average Bonchev–Trinajstić information content (AvgIpc) is 3.02. The van der Waals surface area contributed by atoms with Crippen LogP contribution in [0.2, 0.25) is 15.1 Å². The molecule has 1 saturated heterocycles. The maximum atomic E-state index is 12.7. The molecule has 9 heteroatoms. The van der Waals surface area contributed by atoms with Crippen LogP contribution in [0.1, 0.15) is 20.3 Å². The van der Waals surface area contributed by atoms with Crippen LogP contribution in [0.15, 0.2) is 29.2 Å². The van der Waals surface area contributed by atoms with E-state index in [1.807, 2.05) is 11.8 Å². The third kappa shape index (κ3) is 3.79. The van der Waals surface area contributed by atoms with Crippen molar-refractivity contribution in [2.24, 2.45) is 5.41 Å². The van der Waals surface area contributed by atoms with E-state index in [2.05, 4.69) is 5.10 Å². The Morgan fingerprint density at radius 1 is 1.30 bits per heavy atom. The third-order valence-corrected chi connectivity index (χ3v) is 5.51. The van der Waals surface area contributed by atoms with Crippen molar-refractivity contribution in [1.29, 1.82) is 0 Å². The van der Waals surface area contributed by atoms with E-state index in [0.29, 0.717) is 42.5 Å². The Hall–Kier alpha value is -1.76. The Labute approximate surface area is 171 Å². The predicted molar refractivity (Wildman–Crippen MR) is 106 cm³/mol. The first-order chi connectivity index (χ1) is 12.8. The van der Waals surface area contributed by atoms with Gasteiger partial charge in [-0.1, -0.05) is 34.8 Å². The van der Waals surface area contributed by atoms with Crippen molar-refractivity contribution < 1.29 is 9.53 Å². The van der Waals surface area contributed by atoms with E-state index in [4.69, 9.17) is 39.5 Å². The number of hydrogen-bond acceptors (Lipinski definition) is 5. The number of nitrogens with zero attached hydrogens (tertiary/aromatic N) is 3. The molecule has 6 nitrogen and oxygen atoms in total. The fraction of sp³-hybridized carbons (Fsp3) is 0.389. The normalized spacial score (nSPS) is 19.4. The monoisotopic (exact) mass is 429 g/mol. The zero-order valence-electron chi connectivity index (χ0n) is 14.8. The van der Waals surface area contributed by atoms with Crippen LogP contribution in [0.4, 0.5) is 5.69 Å². The molecule has 0 radical (unpaired) electrons. The van der Waals surface area contributed by atoms with Crippen molar-refractivity contribution >= 4 is 46.5 Å². The molecule has 1 aliphatic heterocycles. The van der Waals surface area contributed by atoms with Gasteiger partial charge in [0.05, 0.1) is 34.6 Å². The molecule has 27 heavy (non-hydrogen) atoms. The standard InChI is InChI=1S/C18H18Cl3N3O3/c1-3-27-17(26)18(2)6-7-23(10-18)14-9-22-24(16(25)15(14)21)13-5-4-11(19)8-12(13)20/h4-5,8-9H,3,6-7,10H2,1-2H3. The van der Waals surface area contributed by atoms with Crippen LogP contribution >= 0.6 is 34.8 Å². The second-order valence-electron chi connectivity index (χ2n) is 6.61. The summed E-state index contributed by atoms with van der Waals surface area (Å²) < 4.78 is 6.29. The molecule has 0 spiro atoms. The van der Waals surface area contributed by atoms with Gasteiger partial charge in [-0.15, -0.1) is 0 Å². The third-order valence-electron chi connectivity index (χ3n) is 4.62. The number of halogens is 3. The largest absolute Gasteiger partial charge is 0.466 e. The molecule has 0 N–H and O–H groups in total. The number of benzene rings is 1. The molecule has 1 aromatic heterocycles. The Morgan fingerprint density at radius 2 is 2.04 bits per heavy atom. The van der Waals surface area contributed by atoms with Crippen LogP contribution in [0.25, 0.3) is 5.69 Å². The molecule has 1 atom stereocenters. The Bertz CT molecular complexity index is 947. The lowest BCUT2D eigenvalue weighted by Crippen LogP contribution is -2.34. The van der Waals surface area contributed by atoms with Crippen molar-refractivity contribution in [3.05, 3.63) is 49.8 Å². The SMILES string of the molecule is CCOC(=O)C1(C)CCN(c2cnn(-c3ccc(Cl)cc3Cl)c(=O)c2Cl)C1. The summed E-state index contributed by atoms with van der Waals surface area (Å²) in [7, 11) is 0. The second kappa shape index (κ2) is 7.70. The van der Waals surface area contributed by atoms with Gasteiger partial charge in [-0.2, -0.15) is 9.78 Å². The number of aromatic nitrogens is 2. The number of hydrogen-bond donors (Lipinski definition) is 0. The maximum Gasteiger partial charge on any atom is 0.313 e. The zero-order valence-corrected chi connectivity index (χ0v) is 17.1. The highest BCUT2D eigenvalue weighted by molar-refractivity contribution is 6.36. The van der Waals surface area contributed by atoms with Crippen LogP contribution in [0, 0.1) is 5.41 Å². The van der Waals surface area contributed by atoms with Gasteiger partial charge in [-0.25, -0.2) is 0 Å². The second-order valence-corrected chi connectivity index (χ2v) is 7.83. The molecule has 0 bridgehead atoms. The van der Waals surface area contributed by atoms with E-state index >= 15 is 0 Å². The minimum Gasteiger partial charge on any atom is -0.466 e. The van der Waals surface area contributed by atoms with Crippen molar-refractivity contribution in [3.8, 4) is 5.69 Å². The fourth-order valence-electron chi connectivity index (χ4n) is 3.11. The molecule has 1 aliphatic rings. The van der Waals surface area contributed by atoms with E-state index in [-0.39, 0.29) is 16.0 Å². The summed E-state index contributed by atoms with van der Waals surface area (Å²) in [6.45, 7) is 4.92. The first-order valence-corrected chi connectivity index (χ1v) is 9.55. The average molecular weight is 431 g/mol. The molecular formula is C18H18Cl3N3O3. The highest BCUT2D eigenvalue weighted by atomic mass is 35.5. The van der Waals surface area contributed by atoms with Crippen LogP contribution in [-0.2, 0) is 9.53 Å². The smallest absolute Gasteiger partial charge is 0.313 e. The van der Waals surface area contributed by atoms with Gasteiger partial charge < -0.3 is 9.64 Å². The van der Waals surface area contributed by atoms with Gasteiger partial charge in [-0.05, 0) is 38.5 Å². The Kier molecular flexibility index (Phi) is 5.70. The first-order valence-electron chi connectivity index (χ1n) is 8.42. The summed E-state index contributed by atoms with van der Waals surface area (Å²) in [6.07, 6.45) is 2.11. The Balaban J connectivity index is 1.93. The molecule has 3 rings (SSSR count). The van der Waals surface area contributed by atoms with E-state index in [1.165, 1.54) is 12.3 Å². The quantitative estimate of drug-likeness (QED) is 0.687. The van der Waals surface area contributed by atoms with Crippen molar-refractivity contribution in [2.45, 2.75) is 20.3 Å². The van der Waals surface area contributed by atoms with Gasteiger partial charge in [-0.3, -0.25) is 9.59 Å². The molecule has 0 aliphatic carbocycles. The number of carbonyl (C=O) groups is 1. The lowest BCUT2D eigenvalue weighted by atomic mass is 9.90. The molecule has 1 fully saturated rings. The van der Waals surface area contributed by atoms with E-state index in [9.17, 15) is 9.59 Å². The van der Waals surface area contributed by atoms with Gasteiger partial charge >= 0.3 is 5.97 Å². The molecule has 2 aromatic rings. The van der Waals surface area contributed by atoms with E-state index < -0.39 is 11.0 Å². The first kappa shape index (κ1) is 20.0. The van der Waals surface area contributed by atoms with Crippen LogP contribution in [0.5, 0.6) is 0 Å². The minimum atomic E-state index is -0.645. The lowest BCUT2D eigenvalue weighted by Gasteiger charge is -2.24. The van der Waals surface area contributed by atoms with Crippen LogP contribution < -0.4 is 10.5 Å². The number of carbonyl (C=O) groups excluding carboxylic acids is 1. The predicted octanol–water partition coefficient (Wildman–Crippen LogP) is 3.97. The minimum absolute atomic E-state index is 0.0177. The molecular weight excluding hydrogens is 413 g/mol. The summed E-state index contributed by atoms with van der Waals surface area (Å²) in [5.41, 5.74) is -0.273. The highest BCUT2D eigenvalue weighted by Gasteiger charge is 2.42. The van der Waals surface area contributed by atoms with Crippen molar-refractivity contribution in [3.63, 3.8) is 0 Å². The van der Waals surface area contributed by atoms with E-state index in [1.54, 1.807) is 19.1 Å². The highest BCUT2D eigenvalue weighted by Crippen LogP contribution is 2.36. The fourth-order valence-corrected chi connectivity index (χ4v) is 3.84. The summed E-state index contributed by atoms with van der Waals surface area (Å²) in [4.78, 5) is 26.8. The van der Waals surface area contributed by atoms with Crippen LogP contribution in [0.3, 0.4) is 0 Å². The summed E-state index contributed by atoms with van der Waals surface area (Å²) >= 11 is 18.4. The number of ether oxygens (including phenoxy) is 1. The molecule has 0 saturated carbocycles. The molecule has 2 heterocycles. The van der Waals surface area contributed by atoms with Gasteiger partial charge in [0.2, 0.25) is 0 Å². The van der Waals surface area contributed by atoms with Gasteiger partial charge in [0, 0.05) is 18.1 Å². The van der Waals surface area contributed by atoms with Gasteiger partial charge in [0.1, 0.15) is 5.02 Å².